The molecule has 1 heterocycles. The van der Waals surface area contributed by atoms with E-state index in [1.165, 1.54) is 11.3 Å². The SMILES string of the molecule is O=C(Cc1cccc(S(=O)(=O)C2CCCC2)c1)Nc1nc2cc(CO)c(CO)cc2s1. The van der Waals surface area contributed by atoms with Gasteiger partial charge in [0, 0.05) is 0 Å². The molecular formula is C22H24N2O5S2. The lowest BCUT2D eigenvalue weighted by molar-refractivity contribution is -0.115. The number of sulfone groups is 1. The van der Waals surface area contributed by atoms with Crippen molar-refractivity contribution in [2.75, 3.05) is 5.32 Å². The molecule has 1 aliphatic carbocycles. The smallest absolute Gasteiger partial charge is 0.230 e. The highest BCUT2D eigenvalue weighted by atomic mass is 32.2. The molecular weight excluding hydrogens is 436 g/mol. The van der Waals surface area contributed by atoms with Gasteiger partial charge in [-0.1, -0.05) is 36.3 Å². The van der Waals surface area contributed by atoms with Gasteiger partial charge >= 0.3 is 0 Å². The summed E-state index contributed by atoms with van der Waals surface area (Å²) in [5.41, 5.74) is 2.48. The van der Waals surface area contributed by atoms with Crippen LogP contribution in [0.15, 0.2) is 41.3 Å². The molecule has 0 aliphatic heterocycles. The highest BCUT2D eigenvalue weighted by molar-refractivity contribution is 7.92. The van der Waals surface area contributed by atoms with Gasteiger partial charge in [0.1, 0.15) is 0 Å². The number of aromatic nitrogens is 1. The predicted molar refractivity (Wildman–Crippen MR) is 120 cm³/mol. The molecule has 2 aromatic carbocycles. The van der Waals surface area contributed by atoms with Gasteiger partial charge in [0.2, 0.25) is 5.91 Å². The Hall–Kier alpha value is -2.33. The van der Waals surface area contributed by atoms with Crippen molar-refractivity contribution in [3.63, 3.8) is 0 Å². The summed E-state index contributed by atoms with van der Waals surface area (Å²) in [6.07, 6.45) is 3.30. The molecule has 0 radical (unpaired) electrons. The summed E-state index contributed by atoms with van der Waals surface area (Å²) in [6.45, 7) is -0.392. The van der Waals surface area contributed by atoms with Crippen LogP contribution in [0.4, 0.5) is 5.13 Å². The standard InChI is InChI=1S/C22H24N2O5S2/c25-12-15-10-19-20(11-16(15)13-26)30-22(23-19)24-21(27)9-14-4-3-7-18(8-14)31(28,29)17-5-1-2-6-17/h3-4,7-8,10-11,17,25-26H,1-2,5-6,9,12-13H2,(H,23,24,27). The zero-order valence-electron chi connectivity index (χ0n) is 16.9. The molecule has 0 bridgehead atoms. The number of fused-ring (bicyclic) bond motifs is 1. The zero-order chi connectivity index (χ0) is 22.0. The van der Waals surface area contributed by atoms with Crippen LogP contribution in [0.1, 0.15) is 42.4 Å². The van der Waals surface area contributed by atoms with Crippen molar-refractivity contribution in [2.24, 2.45) is 0 Å². The summed E-state index contributed by atoms with van der Waals surface area (Å²) in [5.74, 6) is -0.292. The number of aliphatic hydroxyl groups excluding tert-OH is 2. The number of nitrogens with one attached hydrogen (secondary N) is 1. The van der Waals surface area contributed by atoms with E-state index in [1.54, 1.807) is 36.4 Å². The van der Waals surface area contributed by atoms with E-state index in [-0.39, 0.29) is 35.7 Å². The Labute approximate surface area is 184 Å². The van der Waals surface area contributed by atoms with Crippen LogP contribution >= 0.6 is 11.3 Å². The largest absolute Gasteiger partial charge is 0.392 e. The van der Waals surface area contributed by atoms with Crippen LogP contribution in [0.5, 0.6) is 0 Å². The Kier molecular flexibility index (Phi) is 6.38. The van der Waals surface area contributed by atoms with Crippen molar-refractivity contribution in [2.45, 2.75) is 55.5 Å². The number of amides is 1. The molecule has 0 saturated heterocycles. The monoisotopic (exact) mass is 460 g/mol. The Balaban J connectivity index is 1.49. The second kappa shape index (κ2) is 9.04. The second-order valence-electron chi connectivity index (χ2n) is 7.75. The fraction of sp³-hybridized carbons (Fsp3) is 0.364. The van der Waals surface area contributed by atoms with Gasteiger partial charge in [0.15, 0.2) is 15.0 Å². The van der Waals surface area contributed by atoms with Crippen molar-refractivity contribution in [1.29, 1.82) is 0 Å². The quantitative estimate of drug-likeness (QED) is 0.499. The number of nitrogens with zero attached hydrogens (tertiary/aromatic N) is 1. The molecule has 164 valence electrons. The topological polar surface area (TPSA) is 117 Å². The van der Waals surface area contributed by atoms with E-state index < -0.39 is 9.84 Å². The van der Waals surface area contributed by atoms with E-state index in [2.05, 4.69) is 10.3 Å². The summed E-state index contributed by atoms with van der Waals surface area (Å²) >= 11 is 1.28. The maximum Gasteiger partial charge on any atom is 0.230 e. The molecule has 7 nitrogen and oxygen atoms in total. The van der Waals surface area contributed by atoms with Crippen LogP contribution in [-0.2, 0) is 34.3 Å². The molecule has 0 atom stereocenters. The van der Waals surface area contributed by atoms with E-state index in [9.17, 15) is 23.4 Å². The summed E-state index contributed by atoms with van der Waals surface area (Å²) in [5, 5.41) is 21.7. The van der Waals surface area contributed by atoms with Crippen molar-refractivity contribution >= 4 is 42.4 Å². The minimum absolute atomic E-state index is 0.0354. The van der Waals surface area contributed by atoms with Crippen LogP contribution in [0.25, 0.3) is 10.2 Å². The first-order valence-corrected chi connectivity index (χ1v) is 12.5. The van der Waals surface area contributed by atoms with Gasteiger partial charge in [-0.25, -0.2) is 13.4 Å². The van der Waals surface area contributed by atoms with Crippen molar-refractivity contribution < 1.29 is 23.4 Å². The van der Waals surface area contributed by atoms with Crippen LogP contribution in [0.3, 0.4) is 0 Å². The number of aliphatic hydroxyl groups is 2. The lowest BCUT2D eigenvalue weighted by Gasteiger charge is -2.12. The highest BCUT2D eigenvalue weighted by Gasteiger charge is 2.30. The summed E-state index contributed by atoms with van der Waals surface area (Å²) in [4.78, 5) is 17.2. The first kappa shape index (κ1) is 21.9. The Morgan fingerprint density at radius 1 is 1.10 bits per heavy atom. The van der Waals surface area contributed by atoms with E-state index in [0.29, 0.717) is 40.2 Å². The molecule has 4 rings (SSSR count). The minimum atomic E-state index is -3.37. The third-order valence-corrected chi connectivity index (χ3v) is 8.82. The average Bonchev–Trinajstić information content (AvgIpc) is 3.42. The fourth-order valence-electron chi connectivity index (χ4n) is 3.98. The number of benzene rings is 2. The van der Waals surface area contributed by atoms with Crippen molar-refractivity contribution in [1.82, 2.24) is 4.98 Å². The van der Waals surface area contributed by atoms with Gasteiger partial charge in [0.25, 0.3) is 0 Å². The Morgan fingerprint density at radius 3 is 2.52 bits per heavy atom. The average molecular weight is 461 g/mol. The number of carbonyl (C=O) groups excluding carboxylic acids is 1. The van der Waals surface area contributed by atoms with Gasteiger partial charge in [-0.05, 0) is 53.8 Å². The molecule has 0 spiro atoms. The van der Waals surface area contributed by atoms with Gasteiger partial charge < -0.3 is 15.5 Å². The summed E-state index contributed by atoms with van der Waals surface area (Å²) in [7, 11) is -3.37. The predicted octanol–water partition coefficient (Wildman–Crippen LogP) is 3.18. The molecule has 1 aromatic heterocycles. The molecule has 3 N–H and O–H groups in total. The van der Waals surface area contributed by atoms with E-state index in [4.69, 9.17) is 0 Å². The van der Waals surface area contributed by atoms with Crippen molar-refractivity contribution in [3.05, 3.63) is 53.1 Å². The number of carbonyl (C=O) groups is 1. The number of anilines is 1. The maximum atomic E-state index is 12.8. The molecule has 1 aliphatic rings. The van der Waals surface area contributed by atoms with Crippen LogP contribution in [-0.4, -0.2) is 34.8 Å². The molecule has 1 fully saturated rings. The first-order valence-electron chi connectivity index (χ1n) is 10.2. The Morgan fingerprint density at radius 2 is 1.81 bits per heavy atom. The number of hydrogen-bond acceptors (Lipinski definition) is 7. The lowest BCUT2D eigenvalue weighted by atomic mass is 10.1. The molecule has 1 amide bonds. The van der Waals surface area contributed by atoms with E-state index in [0.717, 1.165) is 17.5 Å². The van der Waals surface area contributed by atoms with Gasteiger partial charge in [-0.3, -0.25) is 4.79 Å². The first-order chi connectivity index (χ1) is 14.9. The summed E-state index contributed by atoms with van der Waals surface area (Å²) < 4.78 is 26.4. The van der Waals surface area contributed by atoms with Gasteiger partial charge in [0.05, 0.1) is 40.0 Å². The highest BCUT2D eigenvalue weighted by Crippen LogP contribution is 2.31. The van der Waals surface area contributed by atoms with Gasteiger partial charge in [-0.15, -0.1) is 0 Å². The third kappa shape index (κ3) is 4.64. The number of hydrogen-bond donors (Lipinski definition) is 3. The number of thiazole rings is 1. The minimum Gasteiger partial charge on any atom is -0.392 e. The molecule has 3 aromatic rings. The van der Waals surface area contributed by atoms with Crippen LogP contribution in [0, 0.1) is 0 Å². The third-order valence-electron chi connectivity index (χ3n) is 5.63. The van der Waals surface area contributed by atoms with Gasteiger partial charge in [-0.2, -0.15) is 0 Å². The molecule has 9 heteroatoms. The Bertz CT molecular complexity index is 1170. The molecule has 0 unspecified atom stereocenters. The van der Waals surface area contributed by atoms with E-state index >= 15 is 0 Å². The number of rotatable bonds is 7. The zero-order valence-corrected chi connectivity index (χ0v) is 18.5. The maximum absolute atomic E-state index is 12.8. The second-order valence-corrected chi connectivity index (χ2v) is 11.0. The fourth-order valence-corrected chi connectivity index (χ4v) is 6.83. The van der Waals surface area contributed by atoms with Crippen LogP contribution in [0.2, 0.25) is 0 Å². The van der Waals surface area contributed by atoms with E-state index in [1.807, 2.05) is 0 Å². The lowest BCUT2D eigenvalue weighted by Crippen LogP contribution is -2.18. The normalized spacial score (nSPS) is 14.9. The van der Waals surface area contributed by atoms with Crippen LogP contribution < -0.4 is 5.32 Å². The molecule has 31 heavy (non-hydrogen) atoms. The van der Waals surface area contributed by atoms with Crippen molar-refractivity contribution in [3.8, 4) is 0 Å². The molecule has 1 saturated carbocycles. The summed E-state index contributed by atoms with van der Waals surface area (Å²) in [6, 6.07) is 10.1.